The van der Waals surface area contributed by atoms with Gasteiger partial charge >= 0.3 is 0 Å². The Morgan fingerprint density at radius 2 is 2.33 bits per heavy atom. The molecule has 1 aromatic heterocycles. The standard InChI is InChI=1S/C16H22N4O/c1-19(15(21)16(12-17)5-2-3-6-16)11-13-4-8-20-9-7-18-14(20)10-13/h7,9,13H,2-6,8,10-11H2,1H3/t13-/m0/s1. The molecule has 0 spiro atoms. The summed E-state index contributed by atoms with van der Waals surface area (Å²) < 4.78 is 2.19. The summed E-state index contributed by atoms with van der Waals surface area (Å²) in [6, 6.07) is 2.30. The van der Waals surface area contributed by atoms with Gasteiger partial charge in [0.2, 0.25) is 5.91 Å². The van der Waals surface area contributed by atoms with Gasteiger partial charge in [-0.25, -0.2) is 4.98 Å². The summed E-state index contributed by atoms with van der Waals surface area (Å²) in [5, 5.41) is 9.43. The van der Waals surface area contributed by atoms with E-state index in [9.17, 15) is 10.1 Å². The lowest BCUT2D eigenvalue weighted by Crippen LogP contribution is -2.43. The summed E-state index contributed by atoms with van der Waals surface area (Å²) >= 11 is 0. The predicted molar refractivity (Wildman–Crippen MR) is 78.2 cm³/mol. The van der Waals surface area contributed by atoms with Crippen molar-refractivity contribution in [2.75, 3.05) is 13.6 Å². The lowest BCUT2D eigenvalue weighted by atomic mass is 9.86. The van der Waals surface area contributed by atoms with E-state index in [1.807, 2.05) is 19.4 Å². The highest BCUT2D eigenvalue weighted by Crippen LogP contribution is 2.39. The first-order valence-corrected chi connectivity index (χ1v) is 7.81. The van der Waals surface area contributed by atoms with Crippen LogP contribution in [0.1, 0.15) is 37.9 Å². The van der Waals surface area contributed by atoms with Crippen molar-refractivity contribution in [3.8, 4) is 6.07 Å². The molecule has 1 aliphatic carbocycles. The highest BCUT2D eigenvalue weighted by Gasteiger charge is 2.43. The SMILES string of the molecule is CN(C[C@H]1CCn2ccnc2C1)C(=O)C1(C#N)CCCC1. The molecule has 1 aliphatic heterocycles. The van der Waals surface area contributed by atoms with E-state index >= 15 is 0 Å². The van der Waals surface area contributed by atoms with Crippen LogP contribution < -0.4 is 0 Å². The van der Waals surface area contributed by atoms with Crippen LogP contribution in [-0.2, 0) is 17.8 Å². The van der Waals surface area contributed by atoms with Crippen LogP contribution in [0.15, 0.2) is 12.4 Å². The van der Waals surface area contributed by atoms with Gasteiger partial charge in [-0.3, -0.25) is 4.79 Å². The number of aromatic nitrogens is 2. The van der Waals surface area contributed by atoms with Gasteiger partial charge in [-0.15, -0.1) is 0 Å². The van der Waals surface area contributed by atoms with Crippen LogP contribution in [0.4, 0.5) is 0 Å². The number of imidazole rings is 1. The quantitative estimate of drug-likeness (QED) is 0.853. The highest BCUT2D eigenvalue weighted by molar-refractivity contribution is 5.85. The molecule has 1 amide bonds. The molecule has 0 bridgehead atoms. The number of hydrogen-bond donors (Lipinski definition) is 0. The number of amides is 1. The Balaban J connectivity index is 1.63. The molecule has 3 rings (SSSR count). The molecular weight excluding hydrogens is 264 g/mol. The fourth-order valence-electron chi connectivity index (χ4n) is 3.76. The summed E-state index contributed by atoms with van der Waals surface area (Å²) in [5.74, 6) is 1.59. The van der Waals surface area contributed by atoms with Gasteiger partial charge in [0.25, 0.3) is 0 Å². The van der Waals surface area contributed by atoms with Crippen LogP contribution in [0.2, 0.25) is 0 Å². The zero-order valence-corrected chi connectivity index (χ0v) is 12.6. The fourth-order valence-corrected chi connectivity index (χ4v) is 3.76. The maximum Gasteiger partial charge on any atom is 0.242 e. The summed E-state index contributed by atoms with van der Waals surface area (Å²) in [4.78, 5) is 18.8. The predicted octanol–water partition coefficient (Wildman–Crippen LogP) is 1.99. The Labute approximate surface area is 125 Å². The normalized spacial score (nSPS) is 23.3. The molecule has 0 radical (unpaired) electrons. The Morgan fingerprint density at radius 1 is 1.57 bits per heavy atom. The van der Waals surface area contributed by atoms with Crippen molar-refractivity contribution in [3.63, 3.8) is 0 Å². The van der Waals surface area contributed by atoms with Gasteiger partial charge in [-0.05, 0) is 25.2 Å². The third-order valence-electron chi connectivity index (χ3n) is 5.01. The molecule has 5 nitrogen and oxygen atoms in total. The lowest BCUT2D eigenvalue weighted by molar-refractivity contribution is -0.138. The maximum absolute atomic E-state index is 12.7. The van der Waals surface area contributed by atoms with Gasteiger partial charge in [0, 0.05) is 39.0 Å². The van der Waals surface area contributed by atoms with E-state index in [-0.39, 0.29) is 5.91 Å². The number of fused-ring (bicyclic) bond motifs is 1. The molecule has 5 heteroatoms. The lowest BCUT2D eigenvalue weighted by Gasteiger charge is -2.31. The van der Waals surface area contributed by atoms with Gasteiger partial charge in [-0.1, -0.05) is 12.8 Å². The second-order valence-corrected chi connectivity index (χ2v) is 6.48. The van der Waals surface area contributed by atoms with Crippen LogP contribution in [-0.4, -0.2) is 34.0 Å². The third-order valence-corrected chi connectivity index (χ3v) is 5.01. The Bertz CT molecular complexity index is 565. The average Bonchev–Trinajstić information content (AvgIpc) is 3.15. The molecule has 1 atom stereocenters. The van der Waals surface area contributed by atoms with E-state index < -0.39 is 5.41 Å². The second kappa shape index (κ2) is 5.51. The first kappa shape index (κ1) is 14.1. The molecule has 2 heterocycles. The van der Waals surface area contributed by atoms with E-state index in [1.54, 1.807) is 4.90 Å². The van der Waals surface area contributed by atoms with Crippen molar-refractivity contribution in [2.24, 2.45) is 11.3 Å². The zero-order chi connectivity index (χ0) is 14.9. The molecule has 2 aliphatic rings. The van der Waals surface area contributed by atoms with Gasteiger partial charge in [-0.2, -0.15) is 5.26 Å². The van der Waals surface area contributed by atoms with E-state index in [2.05, 4.69) is 15.6 Å². The second-order valence-electron chi connectivity index (χ2n) is 6.48. The van der Waals surface area contributed by atoms with Crippen molar-refractivity contribution in [2.45, 2.75) is 45.1 Å². The molecule has 0 unspecified atom stereocenters. The molecule has 1 fully saturated rings. The van der Waals surface area contributed by atoms with Crippen LogP contribution in [0.25, 0.3) is 0 Å². The number of carbonyl (C=O) groups is 1. The number of carbonyl (C=O) groups excluding carboxylic acids is 1. The minimum Gasteiger partial charge on any atom is -0.344 e. The number of hydrogen-bond acceptors (Lipinski definition) is 3. The molecule has 0 N–H and O–H groups in total. The summed E-state index contributed by atoms with van der Waals surface area (Å²) in [5.41, 5.74) is -0.748. The Morgan fingerprint density at radius 3 is 3.05 bits per heavy atom. The van der Waals surface area contributed by atoms with Crippen LogP contribution in [0.5, 0.6) is 0 Å². The highest BCUT2D eigenvalue weighted by atomic mass is 16.2. The van der Waals surface area contributed by atoms with Crippen molar-refractivity contribution in [3.05, 3.63) is 18.2 Å². The fraction of sp³-hybridized carbons (Fsp3) is 0.688. The molecular formula is C16H22N4O. The number of rotatable bonds is 3. The molecule has 1 saturated carbocycles. The van der Waals surface area contributed by atoms with Gasteiger partial charge < -0.3 is 9.47 Å². The average molecular weight is 286 g/mol. The third kappa shape index (κ3) is 2.55. The first-order valence-electron chi connectivity index (χ1n) is 7.81. The van der Waals surface area contributed by atoms with E-state index in [0.717, 1.165) is 57.4 Å². The summed E-state index contributed by atoms with van der Waals surface area (Å²) in [7, 11) is 1.85. The van der Waals surface area contributed by atoms with E-state index in [1.165, 1.54) is 0 Å². The topological polar surface area (TPSA) is 61.9 Å². The van der Waals surface area contributed by atoms with Crippen molar-refractivity contribution < 1.29 is 4.79 Å². The van der Waals surface area contributed by atoms with Crippen LogP contribution in [0.3, 0.4) is 0 Å². The number of nitrogens with zero attached hydrogens (tertiary/aromatic N) is 4. The van der Waals surface area contributed by atoms with Gasteiger partial charge in [0.15, 0.2) is 0 Å². The zero-order valence-electron chi connectivity index (χ0n) is 12.6. The van der Waals surface area contributed by atoms with E-state index in [0.29, 0.717) is 5.92 Å². The number of nitriles is 1. The number of aryl methyl sites for hydroxylation is 1. The maximum atomic E-state index is 12.7. The van der Waals surface area contributed by atoms with Crippen molar-refractivity contribution in [1.82, 2.24) is 14.5 Å². The monoisotopic (exact) mass is 286 g/mol. The molecule has 0 saturated heterocycles. The van der Waals surface area contributed by atoms with Crippen molar-refractivity contribution >= 4 is 5.91 Å². The molecule has 21 heavy (non-hydrogen) atoms. The smallest absolute Gasteiger partial charge is 0.242 e. The minimum absolute atomic E-state index is 0.0245. The Kier molecular flexibility index (Phi) is 3.71. The first-order chi connectivity index (χ1) is 10.1. The van der Waals surface area contributed by atoms with Crippen LogP contribution >= 0.6 is 0 Å². The summed E-state index contributed by atoms with van der Waals surface area (Å²) in [6.07, 6.45) is 9.29. The van der Waals surface area contributed by atoms with Crippen LogP contribution in [0, 0.1) is 22.7 Å². The molecule has 1 aromatic rings. The molecule has 0 aromatic carbocycles. The van der Waals surface area contributed by atoms with E-state index in [4.69, 9.17) is 0 Å². The van der Waals surface area contributed by atoms with Crippen molar-refractivity contribution in [1.29, 1.82) is 5.26 Å². The largest absolute Gasteiger partial charge is 0.344 e. The van der Waals surface area contributed by atoms with Gasteiger partial charge in [0.05, 0.1) is 6.07 Å². The van der Waals surface area contributed by atoms with Gasteiger partial charge in [0.1, 0.15) is 11.2 Å². The minimum atomic E-state index is -0.748. The summed E-state index contributed by atoms with van der Waals surface area (Å²) in [6.45, 7) is 1.71. The Hall–Kier alpha value is -1.83. The molecule has 112 valence electrons.